The summed E-state index contributed by atoms with van der Waals surface area (Å²) in [6.45, 7) is 1.89. The molecule has 2 N–H and O–H groups in total. The number of halogens is 5. The zero-order chi connectivity index (χ0) is 15.3. The van der Waals surface area contributed by atoms with Crippen molar-refractivity contribution in [2.24, 2.45) is 5.41 Å². The lowest BCUT2D eigenvalue weighted by Gasteiger charge is -2.41. The average Bonchev–Trinajstić information content (AvgIpc) is 2.28. The molecule has 0 amide bonds. The van der Waals surface area contributed by atoms with Gasteiger partial charge in [0.1, 0.15) is 0 Å². The van der Waals surface area contributed by atoms with Crippen LogP contribution in [-0.2, 0) is 9.09 Å². The number of hydrogen-bond donors (Lipinski definition) is 2. The minimum atomic E-state index is -4.62. The summed E-state index contributed by atoms with van der Waals surface area (Å²) < 4.78 is 16.1. The third-order valence-electron chi connectivity index (χ3n) is 2.83. The molecule has 0 aliphatic rings. The first-order valence-corrected chi connectivity index (χ1v) is 11.0. The van der Waals surface area contributed by atoms with E-state index in [0.717, 1.165) is 0 Å². The van der Waals surface area contributed by atoms with Gasteiger partial charge in [-0.1, -0.05) is 54.7 Å². The van der Waals surface area contributed by atoms with Gasteiger partial charge in [0, 0.05) is 32.2 Å². The van der Waals surface area contributed by atoms with E-state index in [-0.39, 0.29) is 17.1 Å². The Morgan fingerprint density at radius 2 is 1.84 bits per heavy atom. The van der Waals surface area contributed by atoms with Gasteiger partial charge in [0.2, 0.25) is 0 Å². The predicted octanol–water partition coefficient (Wildman–Crippen LogP) is 4.26. The Morgan fingerprint density at radius 1 is 1.37 bits per heavy atom. The molecule has 0 saturated carbocycles. The van der Waals surface area contributed by atoms with E-state index >= 15 is 0 Å². The lowest BCUT2D eigenvalue weighted by Crippen LogP contribution is -2.47. The van der Waals surface area contributed by atoms with E-state index in [4.69, 9.17) is 37.5 Å². The highest BCUT2D eigenvalue weighted by molar-refractivity contribution is 9.10. The molecule has 116 valence electrons. The van der Waals surface area contributed by atoms with Crippen molar-refractivity contribution in [3.63, 3.8) is 0 Å². The molecule has 0 aliphatic carbocycles. The van der Waals surface area contributed by atoms with Crippen molar-refractivity contribution >= 4 is 78.8 Å². The van der Waals surface area contributed by atoms with Crippen LogP contribution in [0.15, 0.2) is 0 Å². The van der Waals surface area contributed by atoms with Gasteiger partial charge in [0.15, 0.2) is 0 Å². The minimum Gasteiger partial charge on any atom is -0.303 e. The van der Waals surface area contributed by atoms with Crippen LogP contribution in [0.3, 0.4) is 0 Å². The van der Waals surface area contributed by atoms with Crippen molar-refractivity contribution in [3.8, 4) is 0 Å². The minimum absolute atomic E-state index is 0.0607. The molecule has 0 saturated heterocycles. The van der Waals surface area contributed by atoms with Crippen LogP contribution in [0.25, 0.3) is 0 Å². The second kappa shape index (κ2) is 9.31. The predicted molar refractivity (Wildman–Crippen MR) is 90.3 cm³/mol. The van der Waals surface area contributed by atoms with Crippen LogP contribution in [0.1, 0.15) is 13.3 Å². The molecule has 0 aliphatic heterocycles. The molecule has 0 bridgehead atoms. The van der Waals surface area contributed by atoms with Crippen LogP contribution in [-0.4, -0.2) is 42.6 Å². The molecular weight excluding hydrogens is 514 g/mol. The third kappa shape index (κ3) is 6.83. The molecule has 0 radical (unpaired) electrons. The first-order valence-electron chi connectivity index (χ1n) is 5.33. The number of hydrogen-bond acceptors (Lipinski definition) is 2. The highest BCUT2D eigenvalue weighted by atomic mass is 79.9. The van der Waals surface area contributed by atoms with Crippen LogP contribution in [0.4, 0.5) is 0 Å². The fourth-order valence-corrected chi connectivity index (χ4v) is 6.55. The molecule has 3 unspecified atom stereocenters. The normalized spacial score (nSPS) is 18.1. The summed E-state index contributed by atoms with van der Waals surface area (Å²) in [7, 11) is -4.62. The van der Waals surface area contributed by atoms with E-state index in [0.29, 0.717) is 10.7 Å². The highest BCUT2D eigenvalue weighted by Gasteiger charge is 2.45. The van der Waals surface area contributed by atoms with E-state index < -0.39 is 24.7 Å². The Balaban J connectivity index is 5.33. The van der Waals surface area contributed by atoms with Crippen LogP contribution < -0.4 is 0 Å². The average molecular weight is 530 g/mol. The second-order valence-corrected chi connectivity index (χ2v) is 8.80. The van der Waals surface area contributed by atoms with Crippen LogP contribution in [0.5, 0.6) is 0 Å². The summed E-state index contributed by atoms with van der Waals surface area (Å²) in [6.07, 6.45) is -0.508. The zero-order valence-corrected chi connectivity index (χ0v) is 17.3. The Bertz CT molecular complexity index is 312. The van der Waals surface area contributed by atoms with Crippen molar-refractivity contribution < 1.29 is 18.9 Å². The molecule has 0 heterocycles. The van der Waals surface area contributed by atoms with Crippen molar-refractivity contribution in [2.45, 2.75) is 29.7 Å². The Morgan fingerprint density at radius 3 is 2.11 bits per heavy atom. The fourth-order valence-electron chi connectivity index (χ4n) is 1.52. The van der Waals surface area contributed by atoms with Crippen molar-refractivity contribution in [1.82, 2.24) is 0 Å². The van der Waals surface area contributed by atoms with Gasteiger partial charge in [-0.2, -0.15) is 0 Å². The number of phosphoric acid groups is 1. The maximum absolute atomic E-state index is 11.2. The lowest BCUT2D eigenvalue weighted by atomic mass is 9.81. The van der Waals surface area contributed by atoms with Crippen molar-refractivity contribution in [3.05, 3.63) is 0 Å². The molecule has 0 fully saturated rings. The first-order chi connectivity index (χ1) is 8.62. The lowest BCUT2D eigenvalue weighted by molar-refractivity contribution is 0.0457. The number of rotatable bonds is 9. The molecule has 0 spiro atoms. The van der Waals surface area contributed by atoms with Gasteiger partial charge in [-0.25, -0.2) is 4.57 Å². The molecule has 0 aromatic heterocycles. The summed E-state index contributed by atoms with van der Waals surface area (Å²) in [4.78, 5) is 18.1. The molecule has 0 aromatic rings. The maximum Gasteiger partial charge on any atom is 0.469 e. The van der Waals surface area contributed by atoms with Crippen LogP contribution in [0, 0.1) is 5.41 Å². The Hall–Kier alpha value is 2.13. The molecule has 10 heteroatoms. The van der Waals surface area contributed by atoms with Crippen molar-refractivity contribution in [2.75, 3.05) is 16.5 Å². The summed E-state index contributed by atoms with van der Waals surface area (Å²) in [5.74, 6) is 0.180. The summed E-state index contributed by atoms with van der Waals surface area (Å²) in [5.41, 5.74) is -0.569. The van der Waals surface area contributed by atoms with E-state index in [9.17, 15) is 4.57 Å². The van der Waals surface area contributed by atoms with E-state index in [2.05, 4.69) is 47.8 Å². The number of phosphoric ester groups is 1. The quantitative estimate of drug-likeness (QED) is 0.346. The monoisotopic (exact) mass is 526 g/mol. The first kappa shape index (κ1) is 21.1. The van der Waals surface area contributed by atoms with Crippen molar-refractivity contribution in [1.29, 1.82) is 0 Å². The highest BCUT2D eigenvalue weighted by Crippen LogP contribution is 2.47. The summed E-state index contributed by atoms with van der Waals surface area (Å²) in [5, 5.41) is 0.532. The SMILES string of the molecule is CC(Br)C(CBr)(CBr)C(CC(Cl)CCl)OP(=O)(O)O. The van der Waals surface area contributed by atoms with Gasteiger partial charge in [-0.05, 0) is 6.42 Å². The Labute approximate surface area is 148 Å². The molecule has 4 nitrogen and oxygen atoms in total. The molecule has 0 rings (SSSR count). The van der Waals surface area contributed by atoms with Gasteiger partial charge in [0.05, 0.1) is 6.10 Å². The van der Waals surface area contributed by atoms with Crippen LogP contribution >= 0.6 is 78.8 Å². The van der Waals surface area contributed by atoms with E-state index in [1.54, 1.807) is 0 Å². The van der Waals surface area contributed by atoms with E-state index in [1.807, 2.05) is 6.92 Å². The second-order valence-electron chi connectivity index (χ2n) is 4.19. The van der Waals surface area contributed by atoms with E-state index in [1.165, 1.54) is 0 Å². The smallest absolute Gasteiger partial charge is 0.303 e. The van der Waals surface area contributed by atoms with Gasteiger partial charge in [0.25, 0.3) is 0 Å². The fraction of sp³-hybridized carbons (Fsp3) is 1.00. The van der Waals surface area contributed by atoms with Gasteiger partial charge in [-0.3, -0.25) is 4.52 Å². The molecule has 0 aromatic carbocycles. The van der Waals surface area contributed by atoms with Gasteiger partial charge >= 0.3 is 7.82 Å². The largest absolute Gasteiger partial charge is 0.469 e. The van der Waals surface area contributed by atoms with Gasteiger partial charge < -0.3 is 9.79 Å². The third-order valence-corrected chi connectivity index (χ3v) is 7.22. The maximum atomic E-state index is 11.2. The van der Waals surface area contributed by atoms with Gasteiger partial charge in [-0.15, -0.1) is 23.2 Å². The molecular formula is C9H16Br3Cl2O4P. The molecule has 3 atom stereocenters. The zero-order valence-electron chi connectivity index (χ0n) is 10.1. The number of alkyl halides is 5. The van der Waals surface area contributed by atoms with Crippen LogP contribution in [0.2, 0.25) is 0 Å². The summed E-state index contributed by atoms with van der Waals surface area (Å²) in [6, 6.07) is 0. The molecule has 19 heavy (non-hydrogen) atoms. The summed E-state index contributed by atoms with van der Waals surface area (Å²) >= 11 is 21.9. The topological polar surface area (TPSA) is 66.8 Å². The standard InChI is InChI=1S/C9H16Br3Cl2O4P/c1-6(12)9(4-10,5-11)8(2-7(14)3-13)18-19(15,16)17/h6-8H,2-5H2,1H3,(H2,15,16,17). The Kier molecular flexibility index (Phi) is 10.4.